The van der Waals surface area contributed by atoms with Crippen molar-refractivity contribution in [2.24, 2.45) is 10.8 Å². The molecule has 0 bridgehead atoms. The predicted molar refractivity (Wildman–Crippen MR) is 73.9 cm³/mol. The molecule has 1 heteroatoms. The van der Waals surface area contributed by atoms with Gasteiger partial charge in [-0.1, -0.05) is 46.3 Å². The van der Waals surface area contributed by atoms with E-state index in [1.807, 2.05) is 6.08 Å². The first-order valence-electron chi connectivity index (χ1n) is 6.57. The van der Waals surface area contributed by atoms with Gasteiger partial charge in [0, 0.05) is 5.57 Å². The smallest absolute Gasteiger partial charge is 0.182 e. The zero-order valence-corrected chi connectivity index (χ0v) is 12.2. The van der Waals surface area contributed by atoms with Gasteiger partial charge in [-0.25, -0.2) is 0 Å². The van der Waals surface area contributed by atoms with Gasteiger partial charge < -0.3 is 0 Å². The van der Waals surface area contributed by atoms with Crippen LogP contribution < -0.4 is 0 Å². The summed E-state index contributed by atoms with van der Waals surface area (Å²) in [6, 6.07) is 0. The van der Waals surface area contributed by atoms with E-state index in [1.54, 1.807) is 6.08 Å². The van der Waals surface area contributed by atoms with Gasteiger partial charge in [-0.3, -0.25) is 4.79 Å². The number of carbonyl (C=O) groups excluding carboxylic acids is 1. The molecule has 0 aromatic rings. The van der Waals surface area contributed by atoms with Crippen molar-refractivity contribution in [2.45, 2.75) is 60.8 Å². The Morgan fingerprint density at radius 3 is 2.35 bits per heavy atom. The first-order valence-corrected chi connectivity index (χ1v) is 6.57. The van der Waals surface area contributed by atoms with Gasteiger partial charge in [0.2, 0.25) is 0 Å². The summed E-state index contributed by atoms with van der Waals surface area (Å²) in [4.78, 5) is 12.3. The second-order valence-corrected chi connectivity index (χ2v) is 6.96. The van der Waals surface area contributed by atoms with E-state index < -0.39 is 0 Å². The lowest BCUT2D eigenvalue weighted by Crippen LogP contribution is -2.25. The largest absolute Gasteiger partial charge is 0.290 e. The molecule has 0 N–H and O–H groups in total. The molecule has 17 heavy (non-hydrogen) atoms. The molecule has 1 rings (SSSR count). The molecular formula is C16H26O. The highest BCUT2D eigenvalue weighted by Crippen LogP contribution is 2.40. The molecule has 0 spiro atoms. The maximum absolute atomic E-state index is 12.3. The van der Waals surface area contributed by atoms with Crippen molar-refractivity contribution in [3.63, 3.8) is 0 Å². The summed E-state index contributed by atoms with van der Waals surface area (Å²) in [5.41, 5.74) is 2.44. The molecule has 96 valence electrons. The highest BCUT2D eigenvalue weighted by Gasteiger charge is 2.31. The van der Waals surface area contributed by atoms with E-state index in [0.717, 1.165) is 18.4 Å². The number of carbonyl (C=O) groups is 1. The SMILES string of the molecule is CC1=C(C(=O)/C=C/C(C)(C)C)C(C)(C)CCC1. The summed E-state index contributed by atoms with van der Waals surface area (Å²) in [6.07, 6.45) is 7.19. The highest BCUT2D eigenvalue weighted by molar-refractivity contribution is 6.05. The Balaban J connectivity index is 2.98. The molecule has 0 aromatic heterocycles. The van der Waals surface area contributed by atoms with Crippen LogP contribution in [0.15, 0.2) is 23.3 Å². The molecule has 0 unspecified atom stereocenters. The lowest BCUT2D eigenvalue weighted by atomic mass is 9.71. The monoisotopic (exact) mass is 234 g/mol. The molecule has 1 aliphatic carbocycles. The fourth-order valence-corrected chi connectivity index (χ4v) is 2.58. The van der Waals surface area contributed by atoms with Gasteiger partial charge in [0.05, 0.1) is 0 Å². The molecule has 0 heterocycles. The Bertz CT molecular complexity index is 361. The Hall–Kier alpha value is -0.850. The van der Waals surface area contributed by atoms with Gasteiger partial charge in [0.15, 0.2) is 5.78 Å². The average Bonchev–Trinajstić information content (AvgIpc) is 2.12. The van der Waals surface area contributed by atoms with Crippen LogP contribution >= 0.6 is 0 Å². The van der Waals surface area contributed by atoms with Crippen LogP contribution in [-0.2, 0) is 4.79 Å². The van der Waals surface area contributed by atoms with Crippen molar-refractivity contribution in [3.05, 3.63) is 23.3 Å². The summed E-state index contributed by atoms with van der Waals surface area (Å²) in [6.45, 7) is 12.8. The van der Waals surface area contributed by atoms with E-state index in [9.17, 15) is 4.79 Å². The summed E-state index contributed by atoms with van der Waals surface area (Å²) >= 11 is 0. The zero-order valence-electron chi connectivity index (χ0n) is 12.2. The van der Waals surface area contributed by atoms with Crippen LogP contribution in [0.4, 0.5) is 0 Å². The molecular weight excluding hydrogens is 208 g/mol. The lowest BCUT2D eigenvalue weighted by molar-refractivity contribution is -0.112. The van der Waals surface area contributed by atoms with E-state index in [0.29, 0.717) is 0 Å². The second kappa shape index (κ2) is 4.80. The first-order chi connectivity index (χ1) is 7.63. The fourth-order valence-electron chi connectivity index (χ4n) is 2.58. The number of hydrogen-bond acceptors (Lipinski definition) is 1. The summed E-state index contributed by atoms with van der Waals surface area (Å²) in [5.74, 6) is 0.210. The van der Waals surface area contributed by atoms with E-state index in [2.05, 4.69) is 41.5 Å². The summed E-state index contributed by atoms with van der Waals surface area (Å²) < 4.78 is 0. The summed E-state index contributed by atoms with van der Waals surface area (Å²) in [5, 5.41) is 0. The normalized spacial score (nSPS) is 21.1. The average molecular weight is 234 g/mol. The van der Waals surface area contributed by atoms with Crippen molar-refractivity contribution < 1.29 is 4.79 Å². The molecule has 0 aliphatic heterocycles. The third kappa shape index (κ3) is 3.83. The summed E-state index contributed by atoms with van der Waals surface area (Å²) in [7, 11) is 0. The molecule has 0 aromatic carbocycles. The van der Waals surface area contributed by atoms with Crippen LogP contribution in [0.25, 0.3) is 0 Å². The fraction of sp³-hybridized carbons (Fsp3) is 0.688. The van der Waals surface area contributed by atoms with Gasteiger partial charge in [0.25, 0.3) is 0 Å². The van der Waals surface area contributed by atoms with Crippen molar-refractivity contribution in [1.82, 2.24) is 0 Å². The predicted octanol–water partition coefficient (Wildman–Crippen LogP) is 4.68. The van der Waals surface area contributed by atoms with Crippen LogP contribution in [0.1, 0.15) is 60.8 Å². The van der Waals surface area contributed by atoms with Gasteiger partial charge in [-0.15, -0.1) is 0 Å². The van der Waals surface area contributed by atoms with E-state index >= 15 is 0 Å². The molecule has 1 nitrogen and oxygen atoms in total. The minimum absolute atomic E-state index is 0.0433. The number of ketones is 1. The van der Waals surface area contributed by atoms with Gasteiger partial charge in [0.1, 0.15) is 0 Å². The standard InChI is InChI=1S/C16H26O/c1-12-8-7-10-16(5,6)14(12)13(17)9-11-15(2,3)4/h9,11H,7-8,10H2,1-6H3/b11-9+. The third-order valence-electron chi connectivity index (χ3n) is 3.44. The molecule has 0 saturated heterocycles. The Labute approximate surface area is 106 Å². The maximum Gasteiger partial charge on any atom is 0.182 e. The zero-order chi connectivity index (χ0) is 13.3. The molecule has 0 saturated carbocycles. The molecule has 0 amide bonds. The molecule has 0 fully saturated rings. The van der Waals surface area contributed by atoms with Crippen molar-refractivity contribution in [1.29, 1.82) is 0 Å². The van der Waals surface area contributed by atoms with E-state index in [-0.39, 0.29) is 16.6 Å². The number of rotatable bonds is 2. The van der Waals surface area contributed by atoms with Gasteiger partial charge in [-0.05, 0) is 43.1 Å². The molecule has 0 radical (unpaired) electrons. The van der Waals surface area contributed by atoms with Gasteiger partial charge >= 0.3 is 0 Å². The quantitative estimate of drug-likeness (QED) is 0.634. The highest BCUT2D eigenvalue weighted by atomic mass is 16.1. The minimum atomic E-state index is 0.0433. The topological polar surface area (TPSA) is 17.1 Å². The van der Waals surface area contributed by atoms with Crippen LogP contribution in [0.5, 0.6) is 0 Å². The van der Waals surface area contributed by atoms with Crippen LogP contribution in [0, 0.1) is 10.8 Å². The minimum Gasteiger partial charge on any atom is -0.290 e. The Morgan fingerprint density at radius 2 is 1.88 bits per heavy atom. The third-order valence-corrected chi connectivity index (χ3v) is 3.44. The van der Waals surface area contributed by atoms with Crippen LogP contribution in [0.3, 0.4) is 0 Å². The first kappa shape index (κ1) is 14.2. The van der Waals surface area contributed by atoms with Crippen LogP contribution in [-0.4, -0.2) is 5.78 Å². The van der Waals surface area contributed by atoms with Crippen molar-refractivity contribution in [2.75, 3.05) is 0 Å². The molecule has 0 atom stereocenters. The lowest BCUT2D eigenvalue weighted by Gasteiger charge is -2.33. The van der Waals surface area contributed by atoms with Crippen molar-refractivity contribution in [3.8, 4) is 0 Å². The van der Waals surface area contributed by atoms with Gasteiger partial charge in [-0.2, -0.15) is 0 Å². The van der Waals surface area contributed by atoms with Crippen molar-refractivity contribution >= 4 is 5.78 Å². The Kier molecular flexibility index (Phi) is 4.01. The van der Waals surface area contributed by atoms with E-state index in [4.69, 9.17) is 0 Å². The maximum atomic E-state index is 12.3. The van der Waals surface area contributed by atoms with E-state index in [1.165, 1.54) is 12.0 Å². The van der Waals surface area contributed by atoms with Crippen LogP contribution in [0.2, 0.25) is 0 Å². The second-order valence-electron chi connectivity index (χ2n) is 6.96. The molecule has 1 aliphatic rings. The number of hydrogen-bond donors (Lipinski definition) is 0. The number of allylic oxidation sites excluding steroid dienone is 4. The Morgan fingerprint density at radius 1 is 1.29 bits per heavy atom.